The van der Waals surface area contributed by atoms with Gasteiger partial charge in [0.15, 0.2) is 0 Å². The third-order valence-electron chi connectivity index (χ3n) is 5.73. The van der Waals surface area contributed by atoms with Crippen LogP contribution in [0.1, 0.15) is 29.5 Å². The first-order valence-electron chi connectivity index (χ1n) is 9.40. The summed E-state index contributed by atoms with van der Waals surface area (Å²) in [7, 11) is 0. The van der Waals surface area contributed by atoms with Crippen molar-refractivity contribution >= 4 is 0 Å². The van der Waals surface area contributed by atoms with E-state index in [4.69, 9.17) is 0 Å². The molecule has 0 N–H and O–H groups in total. The number of rotatable bonds is 4. The van der Waals surface area contributed by atoms with E-state index < -0.39 is 0 Å². The Morgan fingerprint density at radius 2 is 1.77 bits per heavy atom. The minimum Gasteiger partial charge on any atom is -0.297 e. The second-order valence-corrected chi connectivity index (χ2v) is 7.62. The highest BCUT2D eigenvalue weighted by atomic mass is 19.1. The highest BCUT2D eigenvalue weighted by molar-refractivity contribution is 5.37. The maximum absolute atomic E-state index is 13.1. The van der Waals surface area contributed by atoms with Gasteiger partial charge in [-0.1, -0.05) is 30.3 Å². The molecular weight excluding hydrogens is 325 g/mol. The summed E-state index contributed by atoms with van der Waals surface area (Å²) in [5.74, 6) is 0.496. The summed E-state index contributed by atoms with van der Waals surface area (Å²) in [4.78, 5) is 5.08. The number of fused-ring (bicyclic) bond motifs is 4. The van der Waals surface area contributed by atoms with Crippen molar-refractivity contribution in [1.82, 2.24) is 9.80 Å². The van der Waals surface area contributed by atoms with Crippen LogP contribution in [0, 0.1) is 23.1 Å². The van der Waals surface area contributed by atoms with Gasteiger partial charge in [0.2, 0.25) is 0 Å². The predicted octanol–water partition coefficient (Wildman–Crippen LogP) is 3.79. The van der Waals surface area contributed by atoms with E-state index >= 15 is 0 Å². The van der Waals surface area contributed by atoms with Crippen LogP contribution in [0.15, 0.2) is 48.5 Å². The lowest BCUT2D eigenvalue weighted by atomic mass is 9.94. The average Bonchev–Trinajstić information content (AvgIpc) is 2.95. The molecule has 0 unspecified atom stereocenters. The Balaban J connectivity index is 1.46. The van der Waals surface area contributed by atoms with Gasteiger partial charge >= 0.3 is 0 Å². The molecule has 4 heteroatoms. The number of benzene rings is 2. The molecule has 3 aliphatic rings. The van der Waals surface area contributed by atoms with Gasteiger partial charge in [0.05, 0.1) is 11.6 Å². The second kappa shape index (κ2) is 7.57. The van der Waals surface area contributed by atoms with Gasteiger partial charge in [-0.3, -0.25) is 9.80 Å². The molecule has 2 aromatic carbocycles. The quantitative estimate of drug-likeness (QED) is 0.841. The number of hydrogen-bond acceptors (Lipinski definition) is 3. The van der Waals surface area contributed by atoms with E-state index in [-0.39, 0.29) is 5.82 Å². The fourth-order valence-corrected chi connectivity index (χ4v) is 4.43. The van der Waals surface area contributed by atoms with E-state index in [0.29, 0.717) is 12.0 Å². The van der Waals surface area contributed by atoms with Crippen molar-refractivity contribution in [2.45, 2.75) is 32.0 Å². The van der Waals surface area contributed by atoms with Crippen molar-refractivity contribution in [1.29, 1.82) is 5.26 Å². The maximum atomic E-state index is 13.1. The van der Waals surface area contributed by atoms with Gasteiger partial charge in [0.25, 0.3) is 0 Å². The van der Waals surface area contributed by atoms with Gasteiger partial charge in [-0.05, 0) is 48.1 Å². The molecule has 3 fully saturated rings. The molecule has 3 nitrogen and oxygen atoms in total. The Bertz CT molecular complexity index is 796. The normalized spacial score (nSPS) is 23.5. The zero-order chi connectivity index (χ0) is 17.9. The van der Waals surface area contributed by atoms with Crippen molar-refractivity contribution in [3.05, 3.63) is 71.0 Å². The van der Waals surface area contributed by atoms with Crippen LogP contribution in [0.4, 0.5) is 4.39 Å². The lowest BCUT2D eigenvalue weighted by molar-refractivity contribution is 0.123. The van der Waals surface area contributed by atoms with Crippen LogP contribution < -0.4 is 0 Å². The Labute approximate surface area is 154 Å². The van der Waals surface area contributed by atoms with Gasteiger partial charge in [0.1, 0.15) is 5.82 Å². The zero-order valence-electron chi connectivity index (χ0n) is 14.9. The van der Waals surface area contributed by atoms with Crippen molar-refractivity contribution in [3.63, 3.8) is 0 Å². The first-order chi connectivity index (χ1) is 12.7. The van der Waals surface area contributed by atoms with E-state index in [1.165, 1.54) is 18.4 Å². The monoisotopic (exact) mass is 349 g/mol. The number of hydrogen-bond donors (Lipinski definition) is 0. The second-order valence-electron chi connectivity index (χ2n) is 7.62. The highest BCUT2D eigenvalue weighted by Crippen LogP contribution is 2.30. The van der Waals surface area contributed by atoms with Crippen molar-refractivity contribution < 1.29 is 4.39 Å². The fourth-order valence-electron chi connectivity index (χ4n) is 4.43. The smallest absolute Gasteiger partial charge is 0.123 e. The third-order valence-corrected chi connectivity index (χ3v) is 5.73. The molecule has 5 rings (SSSR count). The summed E-state index contributed by atoms with van der Waals surface area (Å²) < 4.78 is 13.1. The number of nitrogens with zero attached hydrogens (tertiary/aromatic N) is 3. The van der Waals surface area contributed by atoms with E-state index in [9.17, 15) is 9.65 Å². The Hall–Kier alpha value is -2.22. The maximum Gasteiger partial charge on any atom is 0.123 e. The molecule has 0 saturated carbocycles. The molecule has 0 spiro atoms. The van der Waals surface area contributed by atoms with Gasteiger partial charge in [-0.25, -0.2) is 4.39 Å². The molecule has 0 aromatic heterocycles. The van der Waals surface area contributed by atoms with E-state index in [2.05, 4.69) is 21.9 Å². The first kappa shape index (κ1) is 17.2. The predicted molar refractivity (Wildman–Crippen MR) is 99.8 cm³/mol. The van der Waals surface area contributed by atoms with Crippen LogP contribution >= 0.6 is 0 Å². The van der Waals surface area contributed by atoms with Crippen molar-refractivity contribution in [3.8, 4) is 6.07 Å². The summed E-state index contributed by atoms with van der Waals surface area (Å²) in [6, 6.07) is 17.7. The third kappa shape index (κ3) is 3.80. The number of halogens is 1. The number of piperidine rings is 1. The standard InChI is InChI=1S/C22H24FN3/c23-21-8-5-17(6-9-21)12-25-13-18-7-10-22(16-25)26(14-18)15-20-4-2-1-3-19(20)11-24/h1-6,8-9,18,22H,7,10,12-16H2/t18-,22+/m0/s1. The van der Waals surface area contributed by atoms with E-state index in [1.54, 1.807) is 12.1 Å². The highest BCUT2D eigenvalue weighted by Gasteiger charge is 2.34. The topological polar surface area (TPSA) is 30.3 Å². The molecular formula is C22H24FN3. The summed E-state index contributed by atoms with van der Waals surface area (Å²) in [6.07, 6.45) is 2.50. The minimum atomic E-state index is -0.174. The number of nitriles is 1. The zero-order valence-corrected chi connectivity index (χ0v) is 14.9. The van der Waals surface area contributed by atoms with E-state index in [0.717, 1.165) is 43.9 Å². The molecule has 134 valence electrons. The van der Waals surface area contributed by atoms with Crippen LogP contribution in [-0.4, -0.2) is 35.5 Å². The average molecular weight is 349 g/mol. The van der Waals surface area contributed by atoms with Gasteiger partial charge in [-0.15, -0.1) is 0 Å². The van der Waals surface area contributed by atoms with Crippen LogP contribution in [0.3, 0.4) is 0 Å². The lowest BCUT2D eigenvalue weighted by Crippen LogP contribution is -2.43. The van der Waals surface area contributed by atoms with Gasteiger partial charge in [-0.2, -0.15) is 5.26 Å². The van der Waals surface area contributed by atoms with Gasteiger partial charge < -0.3 is 0 Å². The van der Waals surface area contributed by atoms with Crippen LogP contribution in [0.2, 0.25) is 0 Å². The van der Waals surface area contributed by atoms with Crippen molar-refractivity contribution in [2.24, 2.45) is 5.92 Å². The Morgan fingerprint density at radius 3 is 2.58 bits per heavy atom. The molecule has 2 aromatic rings. The molecule has 3 heterocycles. The van der Waals surface area contributed by atoms with Crippen LogP contribution in [0.25, 0.3) is 0 Å². The molecule has 26 heavy (non-hydrogen) atoms. The van der Waals surface area contributed by atoms with Crippen LogP contribution in [-0.2, 0) is 13.1 Å². The first-order valence-corrected chi connectivity index (χ1v) is 9.40. The van der Waals surface area contributed by atoms with Gasteiger partial charge in [0, 0.05) is 38.8 Å². The minimum absolute atomic E-state index is 0.174. The largest absolute Gasteiger partial charge is 0.297 e. The van der Waals surface area contributed by atoms with Crippen LogP contribution in [0.5, 0.6) is 0 Å². The molecule has 0 amide bonds. The Morgan fingerprint density at radius 1 is 0.962 bits per heavy atom. The SMILES string of the molecule is N#Cc1ccccc1CN1C[C@H]2CC[C@@H]1CN(Cc1ccc(F)cc1)C2. The van der Waals surface area contributed by atoms with E-state index in [1.807, 2.05) is 30.3 Å². The lowest BCUT2D eigenvalue weighted by Gasteiger charge is -2.36. The molecule has 0 radical (unpaired) electrons. The summed E-state index contributed by atoms with van der Waals surface area (Å²) >= 11 is 0. The van der Waals surface area contributed by atoms with Crippen molar-refractivity contribution in [2.75, 3.05) is 19.6 Å². The molecule has 0 aliphatic carbocycles. The summed E-state index contributed by atoms with van der Waals surface area (Å²) in [5, 5.41) is 9.36. The molecule has 2 bridgehead atoms. The summed E-state index contributed by atoms with van der Waals surface area (Å²) in [6.45, 7) is 4.99. The molecule has 2 atom stereocenters. The molecule has 3 aliphatic heterocycles. The molecule has 3 saturated heterocycles. The summed E-state index contributed by atoms with van der Waals surface area (Å²) in [5.41, 5.74) is 3.09. The Kier molecular flexibility index (Phi) is 5.01. The fraction of sp³-hybridized carbons (Fsp3) is 0.409.